The smallest absolute Gasteiger partial charge is 0.309 e. The highest BCUT2D eigenvalue weighted by atomic mass is 79.9. The van der Waals surface area contributed by atoms with Crippen molar-refractivity contribution in [2.45, 2.75) is 6.42 Å². The maximum absolute atomic E-state index is 10.5. The van der Waals surface area contributed by atoms with Gasteiger partial charge in [0, 0.05) is 8.95 Å². The van der Waals surface area contributed by atoms with E-state index >= 15 is 0 Å². The van der Waals surface area contributed by atoms with Crippen molar-refractivity contribution in [3.8, 4) is 5.69 Å². The van der Waals surface area contributed by atoms with Crippen molar-refractivity contribution >= 4 is 37.8 Å². The van der Waals surface area contributed by atoms with Gasteiger partial charge in [0.05, 0.1) is 24.0 Å². The molecule has 2 rings (SSSR count). The SMILES string of the molecule is O=C(O)Cc1cn(-c2ccc(Br)cc2Br)nn1. The molecular formula is C10H7Br2N3O2. The molecule has 0 bridgehead atoms. The normalized spacial score (nSPS) is 10.5. The maximum Gasteiger partial charge on any atom is 0.309 e. The maximum atomic E-state index is 10.5. The van der Waals surface area contributed by atoms with Crippen LogP contribution in [0.15, 0.2) is 33.3 Å². The molecule has 0 fully saturated rings. The summed E-state index contributed by atoms with van der Waals surface area (Å²) in [5.74, 6) is -0.924. The number of carboxylic acid groups (broad SMARTS) is 1. The van der Waals surface area contributed by atoms with Gasteiger partial charge in [0.1, 0.15) is 0 Å². The average molecular weight is 361 g/mol. The second-order valence-electron chi connectivity index (χ2n) is 3.32. The Balaban J connectivity index is 2.33. The third-order valence-electron chi connectivity index (χ3n) is 2.03. The van der Waals surface area contributed by atoms with Gasteiger partial charge >= 0.3 is 5.97 Å². The second kappa shape index (κ2) is 4.97. The molecule has 1 aromatic heterocycles. The summed E-state index contributed by atoms with van der Waals surface area (Å²) in [5.41, 5.74) is 1.23. The summed E-state index contributed by atoms with van der Waals surface area (Å²) in [7, 11) is 0. The van der Waals surface area contributed by atoms with E-state index in [4.69, 9.17) is 5.11 Å². The molecule has 5 nitrogen and oxygen atoms in total. The van der Waals surface area contributed by atoms with Crippen LogP contribution < -0.4 is 0 Å². The molecule has 0 aliphatic carbocycles. The number of aromatic nitrogens is 3. The van der Waals surface area contributed by atoms with Crippen molar-refractivity contribution in [1.29, 1.82) is 0 Å². The van der Waals surface area contributed by atoms with Crippen molar-refractivity contribution < 1.29 is 9.90 Å². The number of aliphatic carboxylic acids is 1. The van der Waals surface area contributed by atoms with Gasteiger partial charge in [-0.1, -0.05) is 21.1 Å². The standard InChI is InChI=1S/C10H7Br2N3O2/c11-6-1-2-9(8(12)3-6)15-5-7(13-14-15)4-10(16)17/h1-3,5H,4H2,(H,16,17). The minimum Gasteiger partial charge on any atom is -0.481 e. The summed E-state index contributed by atoms with van der Waals surface area (Å²) in [4.78, 5) is 10.5. The summed E-state index contributed by atoms with van der Waals surface area (Å²) >= 11 is 6.76. The van der Waals surface area contributed by atoms with E-state index in [1.165, 1.54) is 4.68 Å². The van der Waals surface area contributed by atoms with Crippen LogP contribution in [0.3, 0.4) is 0 Å². The molecule has 1 N–H and O–H groups in total. The van der Waals surface area contributed by atoms with Crippen LogP contribution in [-0.4, -0.2) is 26.1 Å². The first-order valence-corrected chi connectivity index (χ1v) is 6.23. The molecule has 0 atom stereocenters. The number of nitrogens with zero attached hydrogens (tertiary/aromatic N) is 3. The molecule has 0 spiro atoms. The first kappa shape index (κ1) is 12.3. The Hall–Kier alpha value is -1.21. The molecule has 0 aliphatic rings. The third-order valence-corrected chi connectivity index (χ3v) is 3.16. The monoisotopic (exact) mass is 359 g/mol. The van der Waals surface area contributed by atoms with Crippen molar-refractivity contribution in [3.05, 3.63) is 39.0 Å². The average Bonchev–Trinajstić information content (AvgIpc) is 2.65. The summed E-state index contributed by atoms with van der Waals surface area (Å²) in [6.07, 6.45) is 1.47. The quantitative estimate of drug-likeness (QED) is 0.912. The van der Waals surface area contributed by atoms with Crippen molar-refractivity contribution in [2.24, 2.45) is 0 Å². The van der Waals surface area contributed by atoms with Crippen LogP contribution in [0.5, 0.6) is 0 Å². The summed E-state index contributed by atoms with van der Waals surface area (Å²) < 4.78 is 3.33. The Morgan fingerprint density at radius 3 is 2.82 bits per heavy atom. The first-order chi connectivity index (χ1) is 8.06. The zero-order chi connectivity index (χ0) is 12.4. The van der Waals surface area contributed by atoms with Crippen LogP contribution in [0.4, 0.5) is 0 Å². The Bertz CT molecular complexity index is 568. The van der Waals surface area contributed by atoms with Gasteiger partial charge in [-0.15, -0.1) is 5.10 Å². The van der Waals surface area contributed by atoms with Crippen LogP contribution in [0.1, 0.15) is 5.69 Å². The third kappa shape index (κ3) is 2.92. The van der Waals surface area contributed by atoms with Crippen LogP contribution in [-0.2, 0) is 11.2 Å². The summed E-state index contributed by atoms with van der Waals surface area (Å²) in [6.45, 7) is 0. The number of hydrogen-bond acceptors (Lipinski definition) is 3. The fourth-order valence-electron chi connectivity index (χ4n) is 1.32. The van der Waals surface area contributed by atoms with Crippen molar-refractivity contribution in [3.63, 3.8) is 0 Å². The Labute approximate surface area is 114 Å². The van der Waals surface area contributed by atoms with Crippen LogP contribution >= 0.6 is 31.9 Å². The molecule has 0 amide bonds. The topological polar surface area (TPSA) is 68.0 Å². The molecule has 0 radical (unpaired) electrons. The zero-order valence-electron chi connectivity index (χ0n) is 8.47. The Morgan fingerprint density at radius 1 is 1.41 bits per heavy atom. The molecular weight excluding hydrogens is 354 g/mol. The number of carbonyl (C=O) groups is 1. The number of benzene rings is 1. The number of rotatable bonds is 3. The van der Waals surface area contributed by atoms with Gasteiger partial charge in [0.15, 0.2) is 0 Å². The highest BCUT2D eigenvalue weighted by Crippen LogP contribution is 2.24. The lowest BCUT2D eigenvalue weighted by Crippen LogP contribution is -2.00. The van der Waals surface area contributed by atoms with Gasteiger partial charge in [-0.2, -0.15) is 0 Å². The number of carboxylic acids is 1. The lowest BCUT2D eigenvalue weighted by molar-refractivity contribution is -0.136. The van der Waals surface area contributed by atoms with E-state index in [0.29, 0.717) is 5.69 Å². The van der Waals surface area contributed by atoms with Crippen LogP contribution in [0, 0.1) is 0 Å². The van der Waals surface area contributed by atoms with E-state index < -0.39 is 5.97 Å². The van der Waals surface area contributed by atoms with Gasteiger partial charge in [-0.3, -0.25) is 4.79 Å². The van der Waals surface area contributed by atoms with Gasteiger partial charge in [-0.05, 0) is 34.1 Å². The van der Waals surface area contributed by atoms with Gasteiger partial charge in [0.25, 0.3) is 0 Å². The van der Waals surface area contributed by atoms with E-state index in [9.17, 15) is 4.79 Å². The molecule has 7 heteroatoms. The molecule has 2 aromatic rings. The highest BCUT2D eigenvalue weighted by Gasteiger charge is 2.09. The van der Waals surface area contributed by atoms with Crippen molar-refractivity contribution in [2.75, 3.05) is 0 Å². The Morgan fingerprint density at radius 2 is 2.18 bits per heavy atom. The molecule has 1 heterocycles. The highest BCUT2D eigenvalue weighted by molar-refractivity contribution is 9.11. The van der Waals surface area contributed by atoms with Gasteiger partial charge in [-0.25, -0.2) is 4.68 Å². The zero-order valence-corrected chi connectivity index (χ0v) is 11.6. The largest absolute Gasteiger partial charge is 0.481 e. The fraction of sp³-hybridized carbons (Fsp3) is 0.100. The predicted molar refractivity (Wildman–Crippen MR) is 68.1 cm³/mol. The molecule has 0 saturated heterocycles. The minimum atomic E-state index is -0.924. The Kier molecular flexibility index (Phi) is 3.58. The molecule has 0 saturated carbocycles. The van der Waals surface area contributed by atoms with Crippen LogP contribution in [0.2, 0.25) is 0 Å². The number of halogens is 2. The molecule has 1 aromatic carbocycles. The number of hydrogen-bond donors (Lipinski definition) is 1. The van der Waals surface area contributed by atoms with Crippen molar-refractivity contribution in [1.82, 2.24) is 15.0 Å². The van der Waals surface area contributed by atoms with E-state index in [-0.39, 0.29) is 6.42 Å². The van der Waals surface area contributed by atoms with E-state index in [2.05, 4.69) is 42.2 Å². The summed E-state index contributed by atoms with van der Waals surface area (Å²) in [6, 6.07) is 5.61. The lowest BCUT2D eigenvalue weighted by Gasteiger charge is -2.03. The lowest BCUT2D eigenvalue weighted by atomic mass is 10.3. The molecule has 0 unspecified atom stereocenters. The second-order valence-corrected chi connectivity index (χ2v) is 5.09. The molecule has 17 heavy (non-hydrogen) atoms. The van der Waals surface area contributed by atoms with E-state index in [1.807, 2.05) is 18.2 Å². The van der Waals surface area contributed by atoms with E-state index in [1.54, 1.807) is 6.20 Å². The van der Waals surface area contributed by atoms with Gasteiger partial charge in [0.2, 0.25) is 0 Å². The van der Waals surface area contributed by atoms with Crippen LogP contribution in [0.25, 0.3) is 5.69 Å². The molecule has 0 aliphatic heterocycles. The minimum absolute atomic E-state index is 0.131. The summed E-state index contributed by atoms with van der Waals surface area (Å²) in [5, 5.41) is 16.3. The van der Waals surface area contributed by atoms with E-state index in [0.717, 1.165) is 14.6 Å². The molecule has 88 valence electrons. The first-order valence-electron chi connectivity index (χ1n) is 4.64. The van der Waals surface area contributed by atoms with Gasteiger partial charge < -0.3 is 5.11 Å². The fourth-order valence-corrected chi connectivity index (χ4v) is 2.55. The predicted octanol–water partition coefficient (Wildman–Crippen LogP) is 2.42.